The Hall–Kier alpha value is -2.71. The van der Waals surface area contributed by atoms with Gasteiger partial charge in [-0.25, -0.2) is 14.4 Å². The first-order valence-electron chi connectivity index (χ1n) is 11.2. The number of piperidine rings is 1. The van der Waals surface area contributed by atoms with Crippen molar-refractivity contribution in [1.82, 2.24) is 19.9 Å². The minimum atomic E-state index is -1.18. The van der Waals surface area contributed by atoms with Crippen molar-refractivity contribution in [2.45, 2.75) is 31.6 Å². The van der Waals surface area contributed by atoms with Crippen LogP contribution >= 0.6 is 11.6 Å². The monoisotopic (exact) mass is 470 g/mol. The fourth-order valence-electron chi connectivity index (χ4n) is 4.80. The third kappa shape index (κ3) is 4.42. The molecule has 0 bridgehead atoms. The van der Waals surface area contributed by atoms with Gasteiger partial charge in [0, 0.05) is 50.5 Å². The van der Waals surface area contributed by atoms with E-state index in [2.05, 4.69) is 14.8 Å². The van der Waals surface area contributed by atoms with Gasteiger partial charge in [0.05, 0.1) is 24.9 Å². The molecule has 0 atom stereocenters. The predicted octanol–water partition coefficient (Wildman–Crippen LogP) is 4.08. The van der Waals surface area contributed by atoms with Crippen molar-refractivity contribution in [2.75, 3.05) is 50.6 Å². The van der Waals surface area contributed by atoms with E-state index < -0.39 is 5.67 Å². The van der Waals surface area contributed by atoms with Crippen LogP contribution in [0.4, 0.5) is 16.2 Å². The van der Waals surface area contributed by atoms with Crippen LogP contribution in [-0.2, 0) is 13.1 Å². The molecular formula is C24H28ClFN6O. The van der Waals surface area contributed by atoms with Gasteiger partial charge < -0.3 is 19.4 Å². The first-order valence-corrected chi connectivity index (χ1v) is 11.5. The minimum Gasteiger partial charge on any atom is -0.497 e. The fourth-order valence-corrected chi connectivity index (χ4v) is 4.96. The fraction of sp³-hybridized carbons (Fsp3) is 0.458. The lowest BCUT2D eigenvalue weighted by molar-refractivity contribution is 0.0877. The molecule has 2 aromatic heterocycles. The van der Waals surface area contributed by atoms with E-state index in [4.69, 9.17) is 26.3 Å². The topological polar surface area (TPSA) is 57.6 Å². The van der Waals surface area contributed by atoms with E-state index in [0.29, 0.717) is 56.7 Å². The minimum absolute atomic E-state index is 0.434. The van der Waals surface area contributed by atoms with Crippen LogP contribution in [0.3, 0.4) is 0 Å². The van der Waals surface area contributed by atoms with Crippen molar-refractivity contribution in [2.24, 2.45) is 0 Å². The lowest BCUT2D eigenvalue weighted by Gasteiger charge is -2.38. The van der Waals surface area contributed by atoms with E-state index in [1.165, 1.54) is 0 Å². The van der Waals surface area contributed by atoms with Gasteiger partial charge in [-0.1, -0.05) is 17.7 Å². The molecule has 7 nitrogen and oxygen atoms in total. The Balaban J connectivity index is 1.49. The molecule has 33 heavy (non-hydrogen) atoms. The largest absolute Gasteiger partial charge is 0.497 e. The van der Waals surface area contributed by atoms with Crippen molar-refractivity contribution >= 4 is 34.3 Å². The second-order valence-corrected chi connectivity index (χ2v) is 9.59. The van der Waals surface area contributed by atoms with Crippen LogP contribution in [0, 0.1) is 0 Å². The summed E-state index contributed by atoms with van der Waals surface area (Å²) in [7, 11) is 5.47. The third-order valence-electron chi connectivity index (χ3n) is 6.45. The summed E-state index contributed by atoms with van der Waals surface area (Å²) in [4.78, 5) is 20.5. The summed E-state index contributed by atoms with van der Waals surface area (Å²) >= 11 is 6.12. The number of methoxy groups -OCH3 is 1. The maximum Gasteiger partial charge on any atom is 0.227 e. The van der Waals surface area contributed by atoms with E-state index in [0.717, 1.165) is 33.7 Å². The third-order valence-corrected chi connectivity index (χ3v) is 6.66. The van der Waals surface area contributed by atoms with Crippen LogP contribution in [-0.4, -0.2) is 66.4 Å². The molecular weight excluding hydrogens is 443 g/mol. The first kappa shape index (κ1) is 22.1. The molecule has 0 radical (unpaired) electrons. The zero-order valence-electron chi connectivity index (χ0n) is 19.2. The summed E-state index contributed by atoms with van der Waals surface area (Å²) in [6.45, 7) is 2.92. The highest BCUT2D eigenvalue weighted by Crippen LogP contribution is 2.36. The summed E-state index contributed by atoms with van der Waals surface area (Å²) in [5.41, 5.74) is 1.74. The molecule has 0 amide bonds. The number of benzene rings is 1. The number of anilines is 2. The average molecular weight is 471 g/mol. The number of ether oxygens (including phenoxy) is 1. The molecule has 9 heteroatoms. The van der Waals surface area contributed by atoms with Gasteiger partial charge in [-0.15, -0.1) is 0 Å². The van der Waals surface area contributed by atoms with Gasteiger partial charge in [0.2, 0.25) is 5.95 Å². The summed E-state index contributed by atoms with van der Waals surface area (Å²) in [5, 5.41) is 1.44. The summed E-state index contributed by atoms with van der Waals surface area (Å²) in [5.74, 6) is 2.21. The molecule has 5 rings (SSSR count). The SMILES string of the molecule is COc1ccc2c(N3Cc4ccc(Cl)nc4C3)nc(N3CCC(F)(CN(C)C)CC3)nc2c1. The molecule has 2 aliphatic rings. The van der Waals surface area contributed by atoms with Crippen LogP contribution in [0.5, 0.6) is 5.75 Å². The van der Waals surface area contributed by atoms with Crippen LogP contribution in [0.1, 0.15) is 24.1 Å². The highest BCUT2D eigenvalue weighted by atomic mass is 35.5. The summed E-state index contributed by atoms with van der Waals surface area (Å²) in [6.07, 6.45) is 0.912. The van der Waals surface area contributed by atoms with Crippen molar-refractivity contribution in [3.05, 3.63) is 46.7 Å². The van der Waals surface area contributed by atoms with E-state index in [-0.39, 0.29) is 0 Å². The zero-order valence-corrected chi connectivity index (χ0v) is 19.9. The molecule has 0 N–H and O–H groups in total. The van der Waals surface area contributed by atoms with Gasteiger partial charge in [-0.3, -0.25) is 0 Å². The highest BCUT2D eigenvalue weighted by Gasteiger charge is 2.36. The Morgan fingerprint density at radius 3 is 2.58 bits per heavy atom. The molecule has 4 heterocycles. The van der Waals surface area contributed by atoms with Gasteiger partial charge >= 0.3 is 0 Å². The number of hydrogen-bond acceptors (Lipinski definition) is 7. The Kier molecular flexibility index (Phi) is 5.74. The quantitative estimate of drug-likeness (QED) is 0.521. The normalized spacial score (nSPS) is 17.6. The zero-order chi connectivity index (χ0) is 23.2. The molecule has 0 aliphatic carbocycles. The standard InChI is InChI=1S/C24H28ClFN6O/c1-30(2)15-24(26)8-10-31(11-9-24)23-28-19-12-17(33-3)5-6-18(19)22(29-23)32-13-16-4-7-21(25)27-20(16)14-32/h4-7,12H,8-11,13-15H2,1-3H3. The first-order chi connectivity index (χ1) is 15.8. The Morgan fingerprint density at radius 1 is 1.06 bits per heavy atom. The van der Waals surface area contributed by atoms with Gasteiger partial charge in [-0.2, -0.15) is 4.98 Å². The molecule has 1 saturated heterocycles. The number of fused-ring (bicyclic) bond motifs is 2. The Labute approximate surface area is 198 Å². The predicted molar refractivity (Wildman–Crippen MR) is 129 cm³/mol. The number of aromatic nitrogens is 3. The van der Waals surface area contributed by atoms with Gasteiger partial charge in [0.25, 0.3) is 0 Å². The maximum absolute atomic E-state index is 15.2. The second-order valence-electron chi connectivity index (χ2n) is 9.20. The van der Waals surface area contributed by atoms with Crippen LogP contribution in [0.2, 0.25) is 5.15 Å². The molecule has 0 saturated carbocycles. The molecule has 2 aliphatic heterocycles. The average Bonchev–Trinajstić information content (AvgIpc) is 3.20. The Morgan fingerprint density at radius 2 is 1.85 bits per heavy atom. The number of rotatable bonds is 5. The highest BCUT2D eigenvalue weighted by molar-refractivity contribution is 6.29. The molecule has 174 valence electrons. The van der Waals surface area contributed by atoms with Crippen LogP contribution in [0.15, 0.2) is 30.3 Å². The number of hydrogen-bond donors (Lipinski definition) is 0. The molecule has 0 unspecified atom stereocenters. The van der Waals surface area contributed by atoms with Crippen LogP contribution < -0.4 is 14.5 Å². The van der Waals surface area contributed by atoms with Crippen molar-refractivity contribution in [3.8, 4) is 5.75 Å². The smallest absolute Gasteiger partial charge is 0.227 e. The number of alkyl halides is 1. The van der Waals surface area contributed by atoms with Crippen molar-refractivity contribution < 1.29 is 9.13 Å². The number of pyridine rings is 1. The molecule has 1 aromatic carbocycles. The Bertz CT molecular complexity index is 1180. The number of nitrogens with zero attached hydrogens (tertiary/aromatic N) is 6. The van der Waals surface area contributed by atoms with Gasteiger partial charge in [-0.05, 0) is 37.9 Å². The summed E-state index contributed by atoms with van der Waals surface area (Å²) in [6, 6.07) is 9.69. The van der Waals surface area contributed by atoms with E-state index >= 15 is 4.39 Å². The van der Waals surface area contributed by atoms with Gasteiger partial charge in [0.15, 0.2) is 0 Å². The van der Waals surface area contributed by atoms with Crippen LogP contribution in [0.25, 0.3) is 10.9 Å². The lowest BCUT2D eigenvalue weighted by atomic mass is 9.93. The summed E-state index contributed by atoms with van der Waals surface area (Å²) < 4.78 is 20.7. The second kappa shape index (κ2) is 8.57. The molecule has 0 spiro atoms. The number of halogens is 2. The van der Waals surface area contributed by atoms with E-state index in [1.54, 1.807) is 7.11 Å². The van der Waals surface area contributed by atoms with Crippen molar-refractivity contribution in [1.29, 1.82) is 0 Å². The van der Waals surface area contributed by atoms with Crippen molar-refractivity contribution in [3.63, 3.8) is 0 Å². The van der Waals surface area contributed by atoms with E-state index in [9.17, 15) is 0 Å². The van der Waals surface area contributed by atoms with Gasteiger partial charge in [0.1, 0.15) is 22.4 Å². The lowest BCUT2D eigenvalue weighted by Crippen LogP contribution is -2.47. The van der Waals surface area contributed by atoms with E-state index in [1.807, 2.05) is 49.3 Å². The maximum atomic E-state index is 15.2. The molecule has 1 fully saturated rings. The molecule has 3 aromatic rings.